The van der Waals surface area contributed by atoms with Crippen LogP contribution in [-0.4, -0.2) is 38.7 Å². The number of aromatic nitrogens is 2. The largest absolute Gasteiger partial charge is 0.481 e. The Labute approximate surface area is 137 Å². The lowest BCUT2D eigenvalue weighted by atomic mass is 10.4. The van der Waals surface area contributed by atoms with Crippen LogP contribution in [0.2, 0.25) is 0 Å². The first-order chi connectivity index (χ1) is 11.4. The predicted molar refractivity (Wildman–Crippen MR) is 82.0 cm³/mol. The van der Waals surface area contributed by atoms with Crippen LogP contribution in [0.3, 0.4) is 0 Å². The zero-order valence-electron chi connectivity index (χ0n) is 12.7. The van der Waals surface area contributed by atoms with E-state index in [0.717, 1.165) is 0 Å². The summed E-state index contributed by atoms with van der Waals surface area (Å²) in [7, 11) is -1.28. The quantitative estimate of drug-likeness (QED) is 0.728. The van der Waals surface area contributed by atoms with Gasteiger partial charge < -0.3 is 14.3 Å². The molecular weight excluding hydrogens is 340 g/mol. The fourth-order valence-corrected chi connectivity index (χ4v) is 2.43. The number of hydrogen-bond acceptors (Lipinski definition) is 9. The summed E-state index contributed by atoms with van der Waals surface area (Å²) in [5, 5.41) is 0. The second-order valence-corrected chi connectivity index (χ2v) is 5.87. The maximum Gasteiger partial charge on any atom is 0.445 e. The molecule has 0 fully saturated rings. The van der Waals surface area contributed by atoms with Crippen LogP contribution >= 0.6 is 0 Å². The van der Waals surface area contributed by atoms with Crippen molar-refractivity contribution < 1.29 is 27.5 Å². The van der Waals surface area contributed by atoms with Gasteiger partial charge in [0.2, 0.25) is 11.8 Å². The highest BCUT2D eigenvalue weighted by molar-refractivity contribution is 7.90. The Balaban J connectivity index is 2.01. The van der Waals surface area contributed by atoms with Gasteiger partial charge in [-0.05, 0) is 12.1 Å². The predicted octanol–water partition coefficient (Wildman–Crippen LogP) is 0.936. The van der Waals surface area contributed by atoms with Crippen molar-refractivity contribution in [2.24, 2.45) is 0 Å². The minimum Gasteiger partial charge on any atom is -0.481 e. The minimum absolute atomic E-state index is 0.0822. The fraction of sp³-hybridized carbons (Fsp3) is 0.154. The van der Waals surface area contributed by atoms with Gasteiger partial charge in [-0.15, -0.1) is 0 Å². The summed E-state index contributed by atoms with van der Waals surface area (Å²) in [6, 6.07) is 8.76. The van der Waals surface area contributed by atoms with Gasteiger partial charge >= 0.3 is 6.09 Å². The number of anilines is 1. The SMILES string of the molecule is COc1cc(OC)nc(NOC(=O)NS(=O)(=O)c2ccccc2)n1. The van der Waals surface area contributed by atoms with Gasteiger partial charge in [0.05, 0.1) is 25.2 Å². The number of nitrogens with one attached hydrogen (secondary N) is 2. The average molecular weight is 354 g/mol. The molecule has 1 heterocycles. The van der Waals surface area contributed by atoms with E-state index in [1.54, 1.807) is 10.8 Å². The van der Waals surface area contributed by atoms with Gasteiger partial charge in [0.1, 0.15) is 0 Å². The Hall–Kier alpha value is -3.08. The van der Waals surface area contributed by atoms with E-state index >= 15 is 0 Å². The number of carbonyl (C=O) groups is 1. The molecule has 1 amide bonds. The number of rotatable bonds is 6. The molecule has 0 radical (unpaired) electrons. The summed E-state index contributed by atoms with van der Waals surface area (Å²) in [6.45, 7) is 0. The Morgan fingerprint density at radius 1 is 1.04 bits per heavy atom. The zero-order valence-corrected chi connectivity index (χ0v) is 13.5. The fourth-order valence-electron chi connectivity index (χ4n) is 1.54. The summed E-state index contributed by atoms with van der Waals surface area (Å²) < 4.78 is 35.5. The third kappa shape index (κ3) is 4.46. The van der Waals surface area contributed by atoms with Gasteiger partial charge in [0.25, 0.3) is 16.0 Å². The Morgan fingerprint density at radius 3 is 2.17 bits per heavy atom. The van der Waals surface area contributed by atoms with E-state index in [-0.39, 0.29) is 22.6 Å². The Kier molecular flexibility index (Phi) is 5.37. The summed E-state index contributed by atoms with van der Waals surface area (Å²) in [5.41, 5.74) is 2.11. The van der Waals surface area contributed by atoms with E-state index in [4.69, 9.17) is 9.47 Å². The third-order valence-electron chi connectivity index (χ3n) is 2.60. The van der Waals surface area contributed by atoms with Crippen LogP contribution in [0.15, 0.2) is 41.3 Å². The highest BCUT2D eigenvalue weighted by Crippen LogP contribution is 2.17. The molecule has 10 nitrogen and oxygen atoms in total. The molecular formula is C13H14N4O6S. The van der Waals surface area contributed by atoms with Gasteiger partial charge in [-0.1, -0.05) is 18.2 Å². The maximum atomic E-state index is 11.9. The number of methoxy groups -OCH3 is 2. The molecule has 0 bridgehead atoms. The monoisotopic (exact) mass is 354 g/mol. The second-order valence-electron chi connectivity index (χ2n) is 4.19. The molecule has 0 aliphatic heterocycles. The molecule has 2 N–H and O–H groups in total. The Bertz CT molecular complexity index is 790. The van der Waals surface area contributed by atoms with Crippen LogP contribution in [0, 0.1) is 0 Å². The van der Waals surface area contributed by atoms with Crippen molar-refractivity contribution in [3.63, 3.8) is 0 Å². The van der Waals surface area contributed by atoms with Crippen molar-refractivity contribution in [1.82, 2.24) is 14.7 Å². The number of ether oxygens (including phenoxy) is 2. The molecule has 128 valence electrons. The third-order valence-corrected chi connectivity index (χ3v) is 3.93. The topological polar surface area (TPSA) is 129 Å². The van der Waals surface area contributed by atoms with E-state index in [1.807, 2.05) is 0 Å². The number of amides is 1. The van der Waals surface area contributed by atoms with E-state index in [2.05, 4.69) is 20.3 Å². The number of sulfonamides is 1. The van der Waals surface area contributed by atoms with Crippen molar-refractivity contribution in [2.45, 2.75) is 4.90 Å². The molecule has 24 heavy (non-hydrogen) atoms. The van der Waals surface area contributed by atoms with Crippen LogP contribution < -0.4 is 19.7 Å². The van der Waals surface area contributed by atoms with Crippen molar-refractivity contribution in [3.8, 4) is 11.8 Å². The summed E-state index contributed by atoms with van der Waals surface area (Å²) >= 11 is 0. The first-order valence-electron chi connectivity index (χ1n) is 6.46. The maximum absolute atomic E-state index is 11.9. The molecule has 0 saturated carbocycles. The molecule has 0 aliphatic rings. The number of hydrogen-bond donors (Lipinski definition) is 2. The number of benzene rings is 1. The van der Waals surface area contributed by atoms with Crippen LogP contribution in [-0.2, 0) is 14.9 Å². The zero-order chi connectivity index (χ0) is 17.6. The van der Waals surface area contributed by atoms with Crippen LogP contribution in [0.4, 0.5) is 10.7 Å². The Morgan fingerprint density at radius 2 is 1.62 bits per heavy atom. The van der Waals surface area contributed by atoms with Gasteiger partial charge in [0, 0.05) is 0 Å². The molecule has 11 heteroatoms. The van der Waals surface area contributed by atoms with Crippen molar-refractivity contribution in [1.29, 1.82) is 0 Å². The van der Waals surface area contributed by atoms with Crippen LogP contribution in [0.1, 0.15) is 0 Å². The van der Waals surface area contributed by atoms with Gasteiger partial charge in [-0.3, -0.25) is 0 Å². The highest BCUT2D eigenvalue weighted by atomic mass is 32.2. The van der Waals surface area contributed by atoms with E-state index in [0.29, 0.717) is 0 Å². The van der Waals surface area contributed by atoms with Gasteiger partial charge in [-0.2, -0.15) is 15.4 Å². The van der Waals surface area contributed by atoms with E-state index in [1.165, 1.54) is 44.6 Å². The molecule has 1 aromatic heterocycles. The molecule has 0 atom stereocenters. The molecule has 0 spiro atoms. The molecule has 2 aromatic rings. The molecule has 0 saturated heterocycles. The van der Waals surface area contributed by atoms with Crippen molar-refractivity contribution in [2.75, 3.05) is 19.7 Å². The molecule has 2 rings (SSSR count). The standard InChI is InChI=1S/C13H14N4O6S/c1-21-10-8-11(22-2)15-12(14-10)16-23-13(18)17-24(19,20)9-6-4-3-5-7-9/h3-8H,1-2H3,(H,17,18)(H,14,15,16). The van der Waals surface area contributed by atoms with Crippen LogP contribution in [0.5, 0.6) is 11.8 Å². The van der Waals surface area contributed by atoms with Crippen molar-refractivity contribution in [3.05, 3.63) is 36.4 Å². The first-order valence-corrected chi connectivity index (χ1v) is 7.94. The first kappa shape index (κ1) is 17.3. The second kappa shape index (κ2) is 7.46. The summed E-state index contributed by atoms with van der Waals surface area (Å²) in [4.78, 5) is 23.8. The lowest BCUT2D eigenvalue weighted by molar-refractivity contribution is 0.175. The lowest BCUT2D eigenvalue weighted by Gasteiger charge is -2.09. The van der Waals surface area contributed by atoms with Gasteiger partial charge in [-0.25, -0.2) is 17.9 Å². The summed E-state index contributed by atoms with van der Waals surface area (Å²) in [5.74, 6) is 0.161. The number of nitrogens with zero attached hydrogens (tertiary/aromatic N) is 2. The number of carbonyl (C=O) groups excluding carboxylic acids is 1. The van der Waals surface area contributed by atoms with Gasteiger partial charge in [0.15, 0.2) is 0 Å². The summed E-state index contributed by atoms with van der Waals surface area (Å²) in [6.07, 6.45) is -1.26. The smallest absolute Gasteiger partial charge is 0.445 e. The van der Waals surface area contributed by atoms with Crippen LogP contribution in [0.25, 0.3) is 0 Å². The average Bonchev–Trinajstić information content (AvgIpc) is 2.60. The van der Waals surface area contributed by atoms with E-state index < -0.39 is 16.1 Å². The molecule has 0 unspecified atom stereocenters. The van der Waals surface area contributed by atoms with E-state index in [9.17, 15) is 13.2 Å². The normalized spacial score (nSPS) is 10.6. The van der Waals surface area contributed by atoms with Crippen molar-refractivity contribution >= 4 is 22.1 Å². The highest BCUT2D eigenvalue weighted by Gasteiger charge is 2.18. The lowest BCUT2D eigenvalue weighted by Crippen LogP contribution is -2.32. The minimum atomic E-state index is -4.04. The molecule has 0 aliphatic carbocycles. The molecule has 1 aromatic carbocycles.